The lowest BCUT2D eigenvalue weighted by Crippen LogP contribution is -2.20. The normalized spacial score (nSPS) is 15.7. The van der Waals surface area contributed by atoms with Crippen molar-refractivity contribution in [1.29, 1.82) is 0 Å². The van der Waals surface area contributed by atoms with Crippen molar-refractivity contribution in [2.75, 3.05) is 5.32 Å². The molecule has 0 saturated carbocycles. The molecule has 0 amide bonds. The quantitative estimate of drug-likeness (QED) is 0.522. The van der Waals surface area contributed by atoms with Crippen molar-refractivity contribution < 1.29 is 4.74 Å². The van der Waals surface area contributed by atoms with E-state index in [4.69, 9.17) is 4.74 Å². The monoisotopic (exact) mass is 373 g/mol. The van der Waals surface area contributed by atoms with Gasteiger partial charge in [0.25, 0.3) is 0 Å². The highest BCUT2D eigenvalue weighted by Gasteiger charge is 2.23. The molecule has 0 bridgehead atoms. The molecule has 2 heterocycles. The minimum atomic E-state index is 0.337. The topological polar surface area (TPSA) is 47.0 Å². The SMILES string of the molecule is Cc1csc2ncnc(NC3Cc4ccc(Oc5ccccc5)cc4C3)c12. The Morgan fingerprint density at radius 2 is 1.85 bits per heavy atom. The third-order valence-electron chi connectivity index (χ3n) is 4.98. The molecule has 0 fully saturated rings. The Kier molecular flexibility index (Phi) is 4.02. The zero-order chi connectivity index (χ0) is 18.2. The molecule has 1 aliphatic rings. The molecule has 1 aliphatic carbocycles. The molecule has 0 saturated heterocycles. The summed E-state index contributed by atoms with van der Waals surface area (Å²) in [7, 11) is 0. The molecule has 4 nitrogen and oxygen atoms in total. The van der Waals surface area contributed by atoms with Crippen LogP contribution in [0.1, 0.15) is 16.7 Å². The van der Waals surface area contributed by atoms with E-state index < -0.39 is 0 Å². The zero-order valence-electron chi connectivity index (χ0n) is 15.0. The summed E-state index contributed by atoms with van der Waals surface area (Å²) in [5.41, 5.74) is 3.95. The van der Waals surface area contributed by atoms with Crippen molar-refractivity contribution >= 4 is 27.4 Å². The summed E-state index contributed by atoms with van der Waals surface area (Å²) in [4.78, 5) is 9.92. The molecule has 4 aromatic rings. The number of rotatable bonds is 4. The van der Waals surface area contributed by atoms with Crippen LogP contribution in [0.5, 0.6) is 11.5 Å². The summed E-state index contributed by atoms with van der Waals surface area (Å²) in [6.45, 7) is 2.12. The van der Waals surface area contributed by atoms with Gasteiger partial charge in [0, 0.05) is 6.04 Å². The Hall–Kier alpha value is -2.92. The lowest BCUT2D eigenvalue weighted by atomic mass is 10.1. The van der Waals surface area contributed by atoms with E-state index in [0.717, 1.165) is 40.4 Å². The van der Waals surface area contributed by atoms with Gasteiger partial charge >= 0.3 is 0 Å². The van der Waals surface area contributed by atoms with E-state index in [1.807, 2.05) is 30.3 Å². The third-order valence-corrected chi connectivity index (χ3v) is 5.99. The van der Waals surface area contributed by atoms with Crippen LogP contribution in [0.25, 0.3) is 10.2 Å². The van der Waals surface area contributed by atoms with Crippen molar-refractivity contribution in [1.82, 2.24) is 9.97 Å². The summed E-state index contributed by atoms with van der Waals surface area (Å²) >= 11 is 1.67. The lowest BCUT2D eigenvalue weighted by molar-refractivity contribution is 0.482. The van der Waals surface area contributed by atoms with Crippen molar-refractivity contribution in [2.24, 2.45) is 0 Å². The third kappa shape index (κ3) is 3.15. The first-order chi connectivity index (χ1) is 13.3. The molecule has 5 heteroatoms. The Morgan fingerprint density at radius 1 is 1.00 bits per heavy atom. The van der Waals surface area contributed by atoms with Crippen LogP contribution in [0.15, 0.2) is 60.2 Å². The number of nitrogens with one attached hydrogen (secondary N) is 1. The average Bonchev–Trinajstić information content (AvgIpc) is 3.26. The van der Waals surface area contributed by atoms with Gasteiger partial charge < -0.3 is 10.1 Å². The van der Waals surface area contributed by atoms with Crippen LogP contribution in [0.2, 0.25) is 0 Å². The van der Waals surface area contributed by atoms with Crippen LogP contribution in [-0.4, -0.2) is 16.0 Å². The van der Waals surface area contributed by atoms with E-state index in [9.17, 15) is 0 Å². The highest BCUT2D eigenvalue weighted by molar-refractivity contribution is 7.17. The highest BCUT2D eigenvalue weighted by atomic mass is 32.1. The van der Waals surface area contributed by atoms with Crippen LogP contribution >= 0.6 is 11.3 Å². The molecule has 1 N–H and O–H groups in total. The summed E-state index contributed by atoms with van der Waals surface area (Å²) in [6.07, 6.45) is 3.61. The first kappa shape index (κ1) is 16.3. The first-order valence-electron chi connectivity index (χ1n) is 9.06. The smallest absolute Gasteiger partial charge is 0.138 e. The van der Waals surface area contributed by atoms with Crippen molar-refractivity contribution in [3.63, 3.8) is 0 Å². The maximum atomic E-state index is 5.98. The summed E-state index contributed by atoms with van der Waals surface area (Å²) < 4.78 is 5.98. The Balaban J connectivity index is 1.35. The highest BCUT2D eigenvalue weighted by Crippen LogP contribution is 2.33. The molecule has 0 radical (unpaired) electrons. The number of nitrogens with zero attached hydrogens (tertiary/aromatic N) is 2. The number of anilines is 1. The largest absolute Gasteiger partial charge is 0.457 e. The Bertz CT molecular complexity index is 1110. The second-order valence-electron chi connectivity index (χ2n) is 6.92. The van der Waals surface area contributed by atoms with E-state index in [-0.39, 0.29) is 0 Å². The van der Waals surface area contributed by atoms with Crippen LogP contribution in [0.4, 0.5) is 5.82 Å². The van der Waals surface area contributed by atoms with E-state index in [2.05, 4.69) is 45.8 Å². The van der Waals surface area contributed by atoms with Crippen LogP contribution < -0.4 is 10.1 Å². The molecular weight excluding hydrogens is 354 g/mol. The van der Waals surface area contributed by atoms with Gasteiger partial charge in [-0.2, -0.15) is 0 Å². The van der Waals surface area contributed by atoms with Gasteiger partial charge in [0.2, 0.25) is 0 Å². The number of hydrogen-bond donors (Lipinski definition) is 1. The molecule has 27 heavy (non-hydrogen) atoms. The number of fused-ring (bicyclic) bond motifs is 2. The molecule has 2 aromatic heterocycles. The fourth-order valence-corrected chi connectivity index (χ4v) is 4.59. The Morgan fingerprint density at radius 3 is 2.74 bits per heavy atom. The van der Waals surface area contributed by atoms with Crippen LogP contribution in [0, 0.1) is 6.92 Å². The molecule has 1 unspecified atom stereocenters. The number of para-hydroxylation sites is 1. The van der Waals surface area contributed by atoms with Crippen molar-refractivity contribution in [3.05, 3.63) is 76.9 Å². The van der Waals surface area contributed by atoms with Gasteiger partial charge in [0.1, 0.15) is 28.5 Å². The van der Waals surface area contributed by atoms with Gasteiger partial charge in [-0.05, 0) is 66.1 Å². The number of benzene rings is 2. The molecule has 2 aromatic carbocycles. The molecular formula is C22H19N3OS. The fourth-order valence-electron chi connectivity index (χ4n) is 3.70. The molecule has 0 spiro atoms. The number of ether oxygens (including phenoxy) is 1. The second-order valence-corrected chi connectivity index (χ2v) is 7.77. The van der Waals surface area contributed by atoms with Gasteiger partial charge in [-0.15, -0.1) is 11.3 Å². The summed E-state index contributed by atoms with van der Waals surface area (Å²) in [5.74, 6) is 2.69. The maximum absolute atomic E-state index is 5.98. The molecule has 5 rings (SSSR count). The number of aromatic nitrogens is 2. The minimum Gasteiger partial charge on any atom is -0.457 e. The van der Waals surface area contributed by atoms with E-state index >= 15 is 0 Å². The van der Waals surface area contributed by atoms with E-state index in [0.29, 0.717) is 6.04 Å². The average molecular weight is 373 g/mol. The zero-order valence-corrected chi connectivity index (χ0v) is 15.8. The molecule has 0 aliphatic heterocycles. The van der Waals surface area contributed by atoms with E-state index in [1.54, 1.807) is 17.7 Å². The number of thiophene rings is 1. The summed E-state index contributed by atoms with van der Waals surface area (Å²) in [5, 5.41) is 6.93. The Labute approximate surface area is 161 Å². The standard InChI is InChI=1S/C22H19N3OS/c1-14-12-27-22-20(14)21(23-13-24-22)25-17-9-15-7-8-19(11-16(15)10-17)26-18-5-3-2-4-6-18/h2-8,11-13,17H,9-10H2,1H3,(H,23,24,25). The lowest BCUT2D eigenvalue weighted by Gasteiger charge is -2.13. The molecule has 134 valence electrons. The van der Waals surface area contributed by atoms with Crippen molar-refractivity contribution in [2.45, 2.75) is 25.8 Å². The predicted molar refractivity (Wildman–Crippen MR) is 110 cm³/mol. The van der Waals surface area contributed by atoms with Crippen LogP contribution in [-0.2, 0) is 12.8 Å². The number of hydrogen-bond acceptors (Lipinski definition) is 5. The molecule has 1 atom stereocenters. The van der Waals surface area contributed by atoms with Gasteiger partial charge in [-0.3, -0.25) is 0 Å². The maximum Gasteiger partial charge on any atom is 0.138 e. The van der Waals surface area contributed by atoms with Crippen LogP contribution in [0.3, 0.4) is 0 Å². The van der Waals surface area contributed by atoms with E-state index in [1.165, 1.54) is 16.7 Å². The first-order valence-corrected chi connectivity index (χ1v) is 9.94. The predicted octanol–water partition coefficient (Wildman–Crippen LogP) is 5.37. The number of aryl methyl sites for hydroxylation is 1. The van der Waals surface area contributed by atoms with Crippen molar-refractivity contribution in [3.8, 4) is 11.5 Å². The summed E-state index contributed by atoms with van der Waals surface area (Å²) in [6, 6.07) is 16.6. The van der Waals surface area contributed by atoms with Gasteiger partial charge in [-0.1, -0.05) is 24.3 Å². The second kappa shape index (κ2) is 6.67. The van der Waals surface area contributed by atoms with Gasteiger partial charge in [0.15, 0.2) is 0 Å². The minimum absolute atomic E-state index is 0.337. The van der Waals surface area contributed by atoms with Gasteiger partial charge in [0.05, 0.1) is 5.39 Å². The van der Waals surface area contributed by atoms with Gasteiger partial charge in [-0.25, -0.2) is 9.97 Å². The fraction of sp³-hybridized carbons (Fsp3) is 0.182.